The van der Waals surface area contributed by atoms with Gasteiger partial charge in [0.25, 0.3) is 0 Å². The highest BCUT2D eigenvalue weighted by Gasteiger charge is 1.99. The molecule has 0 saturated heterocycles. The molecule has 0 saturated carbocycles. The molecule has 1 atom stereocenters. The van der Waals surface area contributed by atoms with Crippen molar-refractivity contribution in [3.05, 3.63) is 18.6 Å². The highest BCUT2D eigenvalue weighted by Crippen LogP contribution is 2.03. The molecule has 0 amide bonds. The molecule has 1 radical (unpaired) electrons. The molecule has 1 heteroatoms. The lowest BCUT2D eigenvalue weighted by Gasteiger charge is -2.06. The summed E-state index contributed by atoms with van der Waals surface area (Å²) < 4.78 is 0. The summed E-state index contributed by atoms with van der Waals surface area (Å²) in [5.74, 6) is 0. The van der Waals surface area contributed by atoms with E-state index in [1.54, 1.807) is 0 Å². The van der Waals surface area contributed by atoms with Crippen LogP contribution in [0.3, 0.4) is 0 Å². The van der Waals surface area contributed by atoms with Crippen molar-refractivity contribution in [2.45, 2.75) is 19.9 Å². The van der Waals surface area contributed by atoms with Gasteiger partial charge in [0.2, 0.25) is 0 Å². The molecule has 1 aliphatic heterocycles. The van der Waals surface area contributed by atoms with Crippen LogP contribution in [-0.4, -0.2) is 11.8 Å². The lowest BCUT2D eigenvalue weighted by molar-refractivity contribution is 0.873. The van der Waals surface area contributed by atoms with E-state index in [2.05, 4.69) is 18.3 Å². The number of allylic oxidation sites excluding steroid dienone is 1. The van der Waals surface area contributed by atoms with Crippen molar-refractivity contribution in [3.63, 3.8) is 0 Å². The van der Waals surface area contributed by atoms with Crippen molar-refractivity contribution in [2.24, 2.45) is 4.99 Å². The minimum absolute atomic E-state index is 0.389. The van der Waals surface area contributed by atoms with Crippen molar-refractivity contribution < 1.29 is 0 Å². The second-order valence-corrected chi connectivity index (χ2v) is 2.06. The standard InChI is InChI=1S/C7H10N/c1-6-4-3-5-7(2)8-6/h3-6H,1-2H3. The van der Waals surface area contributed by atoms with Crippen LogP contribution in [0.4, 0.5) is 0 Å². The van der Waals surface area contributed by atoms with E-state index in [4.69, 9.17) is 0 Å². The second kappa shape index (κ2) is 2.12. The van der Waals surface area contributed by atoms with Gasteiger partial charge in [-0.2, -0.15) is 0 Å². The molecule has 1 unspecified atom stereocenters. The van der Waals surface area contributed by atoms with Crippen LogP contribution >= 0.6 is 0 Å². The maximum atomic E-state index is 4.26. The van der Waals surface area contributed by atoms with Crippen LogP contribution in [0.25, 0.3) is 0 Å². The number of hydrogen-bond donors (Lipinski definition) is 0. The van der Waals surface area contributed by atoms with E-state index in [0.29, 0.717) is 6.04 Å². The first-order valence-corrected chi connectivity index (χ1v) is 2.85. The molecule has 0 spiro atoms. The molecule has 1 heterocycles. The predicted molar refractivity (Wildman–Crippen MR) is 36.0 cm³/mol. The van der Waals surface area contributed by atoms with Gasteiger partial charge in [-0.3, -0.25) is 4.99 Å². The largest absolute Gasteiger partial charge is 0.286 e. The SMILES string of the molecule is CC1=NC(C)[CH]C=C1. The lowest BCUT2D eigenvalue weighted by Crippen LogP contribution is -2.04. The molecule has 1 nitrogen and oxygen atoms in total. The van der Waals surface area contributed by atoms with Crippen molar-refractivity contribution in [2.75, 3.05) is 0 Å². The van der Waals surface area contributed by atoms with Crippen LogP contribution in [0.15, 0.2) is 17.1 Å². The zero-order valence-corrected chi connectivity index (χ0v) is 5.26. The summed E-state index contributed by atoms with van der Waals surface area (Å²) in [6.45, 7) is 4.09. The fourth-order valence-corrected chi connectivity index (χ4v) is 0.763. The van der Waals surface area contributed by atoms with Crippen LogP contribution < -0.4 is 0 Å². The normalized spacial score (nSPS) is 27.8. The molecule has 8 heavy (non-hydrogen) atoms. The molecule has 0 bridgehead atoms. The second-order valence-electron chi connectivity index (χ2n) is 2.06. The van der Waals surface area contributed by atoms with Gasteiger partial charge in [-0.25, -0.2) is 0 Å². The Morgan fingerprint density at radius 1 is 1.62 bits per heavy atom. The predicted octanol–water partition coefficient (Wildman–Crippen LogP) is 1.61. The van der Waals surface area contributed by atoms with Gasteiger partial charge in [-0.1, -0.05) is 6.08 Å². The van der Waals surface area contributed by atoms with Crippen molar-refractivity contribution in [3.8, 4) is 0 Å². The van der Waals surface area contributed by atoms with Gasteiger partial charge in [-0.15, -0.1) is 0 Å². The van der Waals surface area contributed by atoms with Crippen LogP contribution in [0, 0.1) is 6.42 Å². The first kappa shape index (κ1) is 5.54. The Bertz CT molecular complexity index is 133. The minimum Gasteiger partial charge on any atom is -0.286 e. The quantitative estimate of drug-likeness (QED) is 0.447. The Morgan fingerprint density at radius 3 is 2.75 bits per heavy atom. The Kier molecular flexibility index (Phi) is 1.47. The number of rotatable bonds is 0. The van der Waals surface area contributed by atoms with Gasteiger partial charge in [0, 0.05) is 12.1 Å². The average molecular weight is 108 g/mol. The van der Waals surface area contributed by atoms with Gasteiger partial charge in [0.15, 0.2) is 0 Å². The third kappa shape index (κ3) is 1.19. The maximum Gasteiger partial charge on any atom is 0.0543 e. The molecule has 0 aromatic carbocycles. The van der Waals surface area contributed by atoms with Crippen LogP contribution in [0.1, 0.15) is 13.8 Å². The number of dihydropyridines is 1. The molecular weight excluding hydrogens is 98.1 g/mol. The highest BCUT2D eigenvalue weighted by atomic mass is 14.8. The van der Waals surface area contributed by atoms with Crippen LogP contribution in [-0.2, 0) is 0 Å². The monoisotopic (exact) mass is 108 g/mol. The summed E-state index contributed by atoms with van der Waals surface area (Å²) in [5.41, 5.74) is 1.13. The topological polar surface area (TPSA) is 12.4 Å². The highest BCUT2D eigenvalue weighted by molar-refractivity contribution is 5.93. The Hall–Kier alpha value is -0.590. The third-order valence-corrected chi connectivity index (χ3v) is 1.13. The molecule has 0 aliphatic carbocycles. The zero-order chi connectivity index (χ0) is 5.98. The lowest BCUT2D eigenvalue weighted by atomic mass is 10.1. The summed E-state index contributed by atoms with van der Waals surface area (Å²) in [5, 5.41) is 0. The first-order chi connectivity index (χ1) is 3.79. The summed E-state index contributed by atoms with van der Waals surface area (Å²) in [7, 11) is 0. The van der Waals surface area contributed by atoms with E-state index in [9.17, 15) is 0 Å². The molecule has 43 valence electrons. The van der Waals surface area contributed by atoms with Gasteiger partial charge < -0.3 is 0 Å². The van der Waals surface area contributed by atoms with E-state index in [1.807, 2.05) is 19.1 Å². The maximum absolute atomic E-state index is 4.26. The van der Waals surface area contributed by atoms with Crippen molar-refractivity contribution >= 4 is 5.71 Å². The van der Waals surface area contributed by atoms with Crippen molar-refractivity contribution in [1.82, 2.24) is 0 Å². The fraction of sp³-hybridized carbons (Fsp3) is 0.429. The van der Waals surface area contributed by atoms with E-state index in [-0.39, 0.29) is 0 Å². The molecular formula is C7H10N. The molecule has 0 aromatic heterocycles. The molecule has 0 aromatic rings. The summed E-state index contributed by atoms with van der Waals surface area (Å²) in [6.07, 6.45) is 6.14. The molecule has 1 aliphatic rings. The van der Waals surface area contributed by atoms with E-state index < -0.39 is 0 Å². The number of aliphatic imine (C=N–C) groups is 1. The molecule has 0 N–H and O–H groups in total. The van der Waals surface area contributed by atoms with E-state index in [0.717, 1.165) is 5.71 Å². The van der Waals surface area contributed by atoms with E-state index in [1.165, 1.54) is 0 Å². The van der Waals surface area contributed by atoms with Crippen LogP contribution in [0.2, 0.25) is 0 Å². The molecule has 0 fully saturated rings. The smallest absolute Gasteiger partial charge is 0.0543 e. The first-order valence-electron chi connectivity index (χ1n) is 2.85. The number of nitrogens with zero attached hydrogens (tertiary/aromatic N) is 1. The van der Waals surface area contributed by atoms with Crippen molar-refractivity contribution in [1.29, 1.82) is 0 Å². The minimum atomic E-state index is 0.389. The average Bonchev–Trinajstić information content (AvgIpc) is 1.64. The van der Waals surface area contributed by atoms with Gasteiger partial charge >= 0.3 is 0 Å². The summed E-state index contributed by atoms with van der Waals surface area (Å²) in [4.78, 5) is 4.26. The number of hydrogen-bond acceptors (Lipinski definition) is 1. The summed E-state index contributed by atoms with van der Waals surface area (Å²) in [6, 6.07) is 0.389. The zero-order valence-electron chi connectivity index (χ0n) is 5.26. The molecule has 1 rings (SSSR count). The third-order valence-electron chi connectivity index (χ3n) is 1.13. The Labute approximate surface area is 50.1 Å². The summed E-state index contributed by atoms with van der Waals surface area (Å²) >= 11 is 0. The van der Waals surface area contributed by atoms with Gasteiger partial charge in [0.1, 0.15) is 0 Å². The van der Waals surface area contributed by atoms with Crippen LogP contribution in [0.5, 0.6) is 0 Å². The van der Waals surface area contributed by atoms with Gasteiger partial charge in [-0.05, 0) is 19.9 Å². The Balaban J connectivity index is 2.63. The fourth-order valence-electron chi connectivity index (χ4n) is 0.763. The van der Waals surface area contributed by atoms with E-state index >= 15 is 0 Å². The Morgan fingerprint density at radius 2 is 2.38 bits per heavy atom. The van der Waals surface area contributed by atoms with Gasteiger partial charge in [0.05, 0.1) is 6.04 Å².